The number of nitrogens with one attached hydrogen (secondary N) is 1. The molecular weight excluding hydrogens is 226 g/mol. The number of aromatic nitrogens is 2. The largest absolute Gasteiger partial charge is 0.475 e. The summed E-state index contributed by atoms with van der Waals surface area (Å²) in [7, 11) is 0. The van der Waals surface area contributed by atoms with Gasteiger partial charge in [-0.05, 0) is 32.4 Å². The van der Waals surface area contributed by atoms with E-state index in [4.69, 9.17) is 4.74 Å². The second-order valence-electron chi connectivity index (χ2n) is 3.97. The van der Waals surface area contributed by atoms with Crippen molar-refractivity contribution in [1.29, 1.82) is 0 Å². The smallest absolute Gasteiger partial charge is 0.233 e. The maximum absolute atomic E-state index is 5.56. The van der Waals surface area contributed by atoms with Crippen molar-refractivity contribution < 1.29 is 4.74 Å². The number of ether oxygens (including phenoxy) is 1. The molecule has 1 aliphatic rings. The van der Waals surface area contributed by atoms with Gasteiger partial charge in [-0.25, -0.2) is 0 Å². The fourth-order valence-corrected chi connectivity index (χ4v) is 1.72. The van der Waals surface area contributed by atoms with Crippen LogP contribution in [0.2, 0.25) is 0 Å². The van der Waals surface area contributed by atoms with E-state index in [0.717, 1.165) is 12.2 Å². The van der Waals surface area contributed by atoms with Crippen molar-refractivity contribution in [3.63, 3.8) is 0 Å². The van der Waals surface area contributed by atoms with E-state index in [0.29, 0.717) is 18.5 Å². The predicted molar refractivity (Wildman–Crippen MR) is 65.2 cm³/mol. The van der Waals surface area contributed by atoms with E-state index in [1.165, 1.54) is 19.3 Å². The van der Waals surface area contributed by atoms with E-state index in [1.807, 2.05) is 19.1 Å². The number of rotatable bonds is 3. The maximum Gasteiger partial charge on any atom is 0.233 e. The molecule has 1 aliphatic heterocycles. The maximum atomic E-state index is 5.56. The van der Waals surface area contributed by atoms with Crippen molar-refractivity contribution in [2.45, 2.75) is 32.2 Å². The minimum absolute atomic E-state index is 0. The van der Waals surface area contributed by atoms with E-state index >= 15 is 0 Å². The second-order valence-corrected chi connectivity index (χ2v) is 3.97. The molecule has 1 unspecified atom stereocenters. The molecule has 0 bridgehead atoms. The van der Waals surface area contributed by atoms with Gasteiger partial charge in [0.05, 0.1) is 5.69 Å². The van der Waals surface area contributed by atoms with Crippen LogP contribution >= 0.6 is 12.4 Å². The Morgan fingerprint density at radius 1 is 1.38 bits per heavy atom. The summed E-state index contributed by atoms with van der Waals surface area (Å²) >= 11 is 0. The first-order valence-corrected chi connectivity index (χ1v) is 5.51. The summed E-state index contributed by atoms with van der Waals surface area (Å²) in [5.74, 6) is 0.618. The van der Waals surface area contributed by atoms with Crippen LogP contribution in [0.25, 0.3) is 0 Å². The van der Waals surface area contributed by atoms with Crippen LogP contribution in [-0.4, -0.2) is 29.4 Å². The molecule has 0 aromatic carbocycles. The van der Waals surface area contributed by atoms with E-state index < -0.39 is 0 Å². The quantitative estimate of drug-likeness (QED) is 0.878. The zero-order valence-electron chi connectivity index (χ0n) is 9.48. The van der Waals surface area contributed by atoms with E-state index in [2.05, 4.69) is 15.5 Å². The van der Waals surface area contributed by atoms with Gasteiger partial charge in [0.2, 0.25) is 5.88 Å². The van der Waals surface area contributed by atoms with Gasteiger partial charge < -0.3 is 10.1 Å². The molecule has 1 aromatic rings. The van der Waals surface area contributed by atoms with Crippen molar-refractivity contribution in [2.24, 2.45) is 0 Å². The van der Waals surface area contributed by atoms with Crippen LogP contribution in [0.4, 0.5) is 0 Å². The van der Waals surface area contributed by atoms with Gasteiger partial charge in [0.25, 0.3) is 0 Å². The monoisotopic (exact) mass is 243 g/mol. The molecule has 2 heterocycles. The summed E-state index contributed by atoms with van der Waals surface area (Å²) in [5, 5.41) is 11.3. The highest BCUT2D eigenvalue weighted by Gasteiger charge is 2.12. The summed E-state index contributed by atoms with van der Waals surface area (Å²) in [4.78, 5) is 0. The average Bonchev–Trinajstić information content (AvgIpc) is 2.30. The Labute approximate surface area is 102 Å². The Morgan fingerprint density at radius 3 is 2.88 bits per heavy atom. The molecule has 1 saturated heterocycles. The first kappa shape index (κ1) is 13.2. The molecule has 0 radical (unpaired) electrons. The SMILES string of the molecule is Cc1ccc(OCC2CCCCN2)nn1.Cl. The zero-order chi connectivity index (χ0) is 10.5. The third kappa shape index (κ3) is 3.94. The van der Waals surface area contributed by atoms with Crippen molar-refractivity contribution in [3.05, 3.63) is 17.8 Å². The lowest BCUT2D eigenvalue weighted by molar-refractivity contribution is 0.230. The second kappa shape index (κ2) is 6.66. The van der Waals surface area contributed by atoms with E-state index in [1.54, 1.807) is 0 Å². The van der Waals surface area contributed by atoms with Crippen LogP contribution in [0.3, 0.4) is 0 Å². The summed E-state index contributed by atoms with van der Waals surface area (Å²) in [5.41, 5.74) is 0.915. The molecule has 0 aliphatic carbocycles. The van der Waals surface area contributed by atoms with E-state index in [9.17, 15) is 0 Å². The van der Waals surface area contributed by atoms with Gasteiger partial charge in [-0.3, -0.25) is 0 Å². The lowest BCUT2D eigenvalue weighted by Gasteiger charge is -2.22. The van der Waals surface area contributed by atoms with Crippen LogP contribution in [0.15, 0.2) is 12.1 Å². The average molecular weight is 244 g/mol. The zero-order valence-corrected chi connectivity index (χ0v) is 10.3. The van der Waals surface area contributed by atoms with E-state index in [-0.39, 0.29) is 12.4 Å². The molecule has 1 N–H and O–H groups in total. The third-order valence-electron chi connectivity index (χ3n) is 2.62. The normalized spacial score (nSPS) is 19.9. The molecule has 0 saturated carbocycles. The topological polar surface area (TPSA) is 47.0 Å². The number of hydrogen-bond donors (Lipinski definition) is 1. The fourth-order valence-electron chi connectivity index (χ4n) is 1.72. The van der Waals surface area contributed by atoms with Gasteiger partial charge in [-0.2, -0.15) is 5.10 Å². The molecular formula is C11H18ClN3O. The Morgan fingerprint density at radius 2 is 2.25 bits per heavy atom. The molecule has 0 amide bonds. The Kier molecular flexibility index (Phi) is 5.49. The molecule has 5 heteroatoms. The molecule has 1 fully saturated rings. The number of halogens is 1. The van der Waals surface area contributed by atoms with Crippen LogP contribution in [0.1, 0.15) is 25.0 Å². The summed E-state index contributed by atoms with van der Waals surface area (Å²) in [6.45, 7) is 3.71. The van der Waals surface area contributed by atoms with Gasteiger partial charge in [0, 0.05) is 12.1 Å². The first-order chi connectivity index (χ1) is 7.34. The molecule has 2 rings (SSSR count). The number of hydrogen-bond acceptors (Lipinski definition) is 4. The minimum Gasteiger partial charge on any atom is -0.475 e. The molecule has 4 nitrogen and oxygen atoms in total. The number of nitrogens with zero attached hydrogens (tertiary/aromatic N) is 2. The van der Waals surface area contributed by atoms with Crippen LogP contribution < -0.4 is 10.1 Å². The first-order valence-electron chi connectivity index (χ1n) is 5.51. The van der Waals surface area contributed by atoms with Gasteiger partial charge in [0.15, 0.2) is 0 Å². The molecule has 90 valence electrons. The Bertz CT molecular complexity index is 299. The van der Waals surface area contributed by atoms with Crippen LogP contribution in [0, 0.1) is 6.92 Å². The minimum atomic E-state index is 0. The van der Waals surface area contributed by atoms with Crippen LogP contribution in [-0.2, 0) is 0 Å². The highest BCUT2D eigenvalue weighted by molar-refractivity contribution is 5.85. The van der Waals surface area contributed by atoms with Crippen molar-refractivity contribution in [2.75, 3.05) is 13.2 Å². The third-order valence-corrected chi connectivity index (χ3v) is 2.62. The Balaban J connectivity index is 0.00000128. The number of aryl methyl sites for hydroxylation is 1. The highest BCUT2D eigenvalue weighted by Crippen LogP contribution is 2.09. The summed E-state index contributed by atoms with van der Waals surface area (Å²) in [6, 6.07) is 4.25. The summed E-state index contributed by atoms with van der Waals surface area (Å²) < 4.78 is 5.56. The van der Waals surface area contributed by atoms with Crippen LogP contribution in [0.5, 0.6) is 5.88 Å². The molecule has 1 atom stereocenters. The lowest BCUT2D eigenvalue weighted by atomic mass is 10.1. The van der Waals surface area contributed by atoms with Gasteiger partial charge >= 0.3 is 0 Å². The molecule has 0 spiro atoms. The van der Waals surface area contributed by atoms with Crippen molar-refractivity contribution in [1.82, 2.24) is 15.5 Å². The molecule has 16 heavy (non-hydrogen) atoms. The van der Waals surface area contributed by atoms with Gasteiger partial charge in [-0.1, -0.05) is 6.42 Å². The van der Waals surface area contributed by atoms with Crippen molar-refractivity contribution >= 4 is 12.4 Å². The van der Waals surface area contributed by atoms with Crippen molar-refractivity contribution in [3.8, 4) is 5.88 Å². The predicted octanol–water partition coefficient (Wildman–Crippen LogP) is 1.73. The Hall–Kier alpha value is -0.870. The summed E-state index contributed by atoms with van der Waals surface area (Å²) in [6.07, 6.45) is 3.76. The number of piperidine rings is 1. The lowest BCUT2D eigenvalue weighted by Crippen LogP contribution is -2.38. The fraction of sp³-hybridized carbons (Fsp3) is 0.636. The molecule has 1 aromatic heterocycles. The highest BCUT2D eigenvalue weighted by atomic mass is 35.5. The van der Waals surface area contributed by atoms with Gasteiger partial charge in [-0.15, -0.1) is 17.5 Å². The van der Waals surface area contributed by atoms with Gasteiger partial charge in [0.1, 0.15) is 6.61 Å². The standard InChI is InChI=1S/C11H17N3O.ClH/c1-9-5-6-11(14-13-9)15-8-10-4-2-3-7-12-10;/h5-6,10,12H,2-4,7-8H2,1H3;1H.